The van der Waals surface area contributed by atoms with E-state index in [0.717, 1.165) is 16.0 Å². The van der Waals surface area contributed by atoms with Gasteiger partial charge in [0.1, 0.15) is 12.4 Å². The van der Waals surface area contributed by atoms with Gasteiger partial charge in [0.05, 0.1) is 22.9 Å². The van der Waals surface area contributed by atoms with Crippen molar-refractivity contribution in [1.82, 2.24) is 5.01 Å². The number of hydrogen-bond donors (Lipinski definition) is 1. The van der Waals surface area contributed by atoms with Crippen LogP contribution in [-0.2, 0) is 19.1 Å². The highest BCUT2D eigenvalue weighted by Crippen LogP contribution is 2.33. The Kier molecular flexibility index (Phi) is 6.05. The molecule has 33 heavy (non-hydrogen) atoms. The summed E-state index contributed by atoms with van der Waals surface area (Å²) in [6, 6.07) is 7.39. The van der Waals surface area contributed by atoms with Crippen LogP contribution in [0.2, 0.25) is 5.02 Å². The molecule has 0 radical (unpaired) electrons. The average Bonchev–Trinajstić information content (AvgIpc) is 3.30. The average molecular weight is 474 g/mol. The molecule has 2 aliphatic heterocycles. The summed E-state index contributed by atoms with van der Waals surface area (Å²) in [5, 5.41) is 11.1. The molecule has 10 nitrogen and oxygen atoms in total. The minimum absolute atomic E-state index is 0.0983. The number of nitrogens with zero attached hydrogens (tertiary/aromatic N) is 4. The van der Waals surface area contributed by atoms with E-state index in [-0.39, 0.29) is 29.4 Å². The Morgan fingerprint density at radius 3 is 2.70 bits per heavy atom. The van der Waals surface area contributed by atoms with Gasteiger partial charge in [-0.3, -0.25) is 19.4 Å². The van der Waals surface area contributed by atoms with E-state index in [1.54, 1.807) is 25.1 Å². The third kappa shape index (κ3) is 4.27. The van der Waals surface area contributed by atoms with Crippen LogP contribution in [0.5, 0.6) is 0 Å². The van der Waals surface area contributed by atoms with Crippen LogP contribution < -0.4 is 10.2 Å². The maximum atomic E-state index is 13.5. The topological polar surface area (TPSA) is 121 Å². The molecule has 0 aliphatic carbocycles. The second-order valence-corrected chi connectivity index (χ2v) is 7.56. The normalized spacial score (nSPS) is 19.1. The number of carbonyl (C=O) groups excluding carboxylic acids is 4. The van der Waals surface area contributed by atoms with Crippen LogP contribution in [0.15, 0.2) is 52.8 Å². The number of benzene rings is 2. The molecule has 170 valence electrons. The van der Waals surface area contributed by atoms with Crippen molar-refractivity contribution in [1.29, 1.82) is 0 Å². The van der Waals surface area contributed by atoms with Crippen LogP contribution in [0.3, 0.4) is 0 Å². The van der Waals surface area contributed by atoms with Crippen molar-refractivity contribution in [2.24, 2.45) is 10.3 Å². The molecule has 1 N–H and O–H groups in total. The van der Waals surface area contributed by atoms with Gasteiger partial charge in [0.15, 0.2) is 12.1 Å². The maximum Gasteiger partial charge on any atom is 0.338 e. The van der Waals surface area contributed by atoms with Crippen LogP contribution in [0.4, 0.5) is 15.8 Å². The number of nitrogens with one attached hydrogen (secondary N) is 1. The summed E-state index contributed by atoms with van der Waals surface area (Å²) in [7, 11) is 0. The van der Waals surface area contributed by atoms with E-state index in [4.69, 9.17) is 16.3 Å². The van der Waals surface area contributed by atoms with Crippen molar-refractivity contribution in [2.75, 3.05) is 23.4 Å². The molecule has 2 heterocycles. The van der Waals surface area contributed by atoms with Gasteiger partial charge in [-0.25, -0.2) is 14.1 Å². The zero-order valence-electron chi connectivity index (χ0n) is 17.2. The van der Waals surface area contributed by atoms with Gasteiger partial charge >= 0.3 is 5.97 Å². The molecule has 2 aliphatic rings. The smallest absolute Gasteiger partial charge is 0.338 e. The predicted octanol–water partition coefficient (Wildman–Crippen LogP) is 2.59. The molecule has 2 aromatic rings. The van der Waals surface area contributed by atoms with Crippen LogP contribution >= 0.6 is 11.6 Å². The fourth-order valence-corrected chi connectivity index (χ4v) is 3.69. The zero-order valence-corrected chi connectivity index (χ0v) is 18.0. The number of hydrogen-bond acceptors (Lipinski definition) is 8. The highest BCUT2D eigenvalue weighted by atomic mass is 35.5. The van der Waals surface area contributed by atoms with Gasteiger partial charge in [0, 0.05) is 5.69 Å². The Labute approximate surface area is 191 Å². The molecule has 4 rings (SSSR count). The molecule has 1 fully saturated rings. The summed E-state index contributed by atoms with van der Waals surface area (Å²) in [6.07, 6.45) is 0. The Balaban J connectivity index is 1.46. The van der Waals surface area contributed by atoms with Crippen LogP contribution in [0.25, 0.3) is 0 Å². The van der Waals surface area contributed by atoms with E-state index in [1.165, 1.54) is 18.2 Å². The van der Waals surface area contributed by atoms with Crippen molar-refractivity contribution in [3.8, 4) is 0 Å². The Morgan fingerprint density at radius 1 is 1.18 bits per heavy atom. The Hall–Kier alpha value is -3.86. The molecule has 2 atom stereocenters. The number of carbonyl (C=O) groups is 4. The lowest BCUT2D eigenvalue weighted by Gasteiger charge is -2.20. The fourth-order valence-electron chi connectivity index (χ4n) is 3.52. The van der Waals surface area contributed by atoms with Crippen LogP contribution in [-0.4, -0.2) is 53.9 Å². The first kappa shape index (κ1) is 22.3. The fraction of sp³-hybridized carbons (Fsp3) is 0.238. The summed E-state index contributed by atoms with van der Waals surface area (Å²) in [6.45, 7) is 1.53. The van der Waals surface area contributed by atoms with Crippen molar-refractivity contribution in [2.45, 2.75) is 19.0 Å². The van der Waals surface area contributed by atoms with E-state index < -0.39 is 41.6 Å². The first-order chi connectivity index (χ1) is 15.8. The summed E-state index contributed by atoms with van der Waals surface area (Å²) >= 11 is 5.77. The lowest BCUT2D eigenvalue weighted by molar-refractivity contribution is -0.123. The molecular weight excluding hydrogens is 457 g/mol. The number of imide groups is 1. The highest BCUT2D eigenvalue weighted by molar-refractivity contribution is 6.32. The van der Waals surface area contributed by atoms with E-state index in [0.29, 0.717) is 5.69 Å². The summed E-state index contributed by atoms with van der Waals surface area (Å²) in [4.78, 5) is 50.9. The molecule has 0 aromatic heterocycles. The number of halogens is 2. The van der Waals surface area contributed by atoms with Crippen molar-refractivity contribution in [3.63, 3.8) is 0 Å². The lowest BCUT2D eigenvalue weighted by atomic mass is 10.1. The number of ether oxygens (including phenoxy) is 1. The van der Waals surface area contributed by atoms with Gasteiger partial charge in [-0.15, -0.1) is 0 Å². The molecule has 0 saturated carbocycles. The minimum Gasteiger partial charge on any atom is -0.462 e. The molecule has 12 heteroatoms. The summed E-state index contributed by atoms with van der Waals surface area (Å²) in [5.74, 6) is -3.07. The van der Waals surface area contributed by atoms with Gasteiger partial charge in [-0.2, -0.15) is 5.11 Å². The molecule has 0 unspecified atom stereocenters. The van der Waals surface area contributed by atoms with E-state index in [9.17, 15) is 23.6 Å². The molecule has 3 amide bonds. The molecule has 1 saturated heterocycles. The monoisotopic (exact) mass is 473 g/mol. The summed E-state index contributed by atoms with van der Waals surface area (Å²) < 4.78 is 18.4. The largest absolute Gasteiger partial charge is 0.462 e. The lowest BCUT2D eigenvalue weighted by Crippen LogP contribution is -2.43. The van der Waals surface area contributed by atoms with Crippen molar-refractivity contribution >= 4 is 46.7 Å². The van der Waals surface area contributed by atoms with E-state index >= 15 is 0 Å². The molecule has 0 bridgehead atoms. The van der Waals surface area contributed by atoms with Crippen molar-refractivity contribution in [3.05, 3.63) is 58.9 Å². The zero-order chi connectivity index (χ0) is 23.7. The predicted molar refractivity (Wildman–Crippen MR) is 114 cm³/mol. The first-order valence-corrected chi connectivity index (χ1v) is 10.2. The Bertz CT molecular complexity index is 1190. The number of esters is 1. The SMILES string of the molecule is CCOC(=O)c1cccc(NC(=O)CN2N=N[C@H]3C(=O)N(c4ccc(F)c(Cl)c4)C(=O)[C@H]32)c1. The standard InChI is InChI=1S/C21H17ClFN5O5/c1-2-33-21(32)11-4-3-5-12(8-11)24-16(29)10-27-18-17(25-26-27)19(30)28(20(18)31)13-6-7-15(23)14(22)9-13/h3-9,17-18H,2,10H2,1H3,(H,24,29)/t17-,18+/m1/s1. The number of amides is 3. The van der Waals surface area contributed by atoms with Gasteiger partial charge in [-0.1, -0.05) is 22.9 Å². The first-order valence-electron chi connectivity index (χ1n) is 9.87. The minimum atomic E-state index is -1.12. The number of rotatable bonds is 6. The Morgan fingerprint density at radius 2 is 1.97 bits per heavy atom. The van der Waals surface area contributed by atoms with Gasteiger partial charge in [0.2, 0.25) is 5.91 Å². The quantitative estimate of drug-likeness (QED) is 0.508. The summed E-state index contributed by atoms with van der Waals surface area (Å²) in [5.41, 5.74) is 0.705. The number of fused-ring (bicyclic) bond motifs is 1. The molecule has 0 spiro atoms. The van der Waals surface area contributed by atoms with E-state index in [1.807, 2.05) is 0 Å². The molecular formula is C21H17ClFN5O5. The van der Waals surface area contributed by atoms with E-state index in [2.05, 4.69) is 15.7 Å². The highest BCUT2D eigenvalue weighted by Gasteiger charge is 2.55. The van der Waals surface area contributed by atoms with Crippen LogP contribution in [0, 0.1) is 5.82 Å². The maximum absolute atomic E-state index is 13.5. The second-order valence-electron chi connectivity index (χ2n) is 7.15. The molecule has 2 aromatic carbocycles. The van der Waals surface area contributed by atoms with Gasteiger partial charge < -0.3 is 10.1 Å². The third-order valence-electron chi connectivity index (χ3n) is 4.98. The van der Waals surface area contributed by atoms with Crippen LogP contribution in [0.1, 0.15) is 17.3 Å². The van der Waals surface area contributed by atoms with Gasteiger partial charge in [0.25, 0.3) is 11.8 Å². The van der Waals surface area contributed by atoms with Gasteiger partial charge in [-0.05, 0) is 43.3 Å². The second kappa shape index (κ2) is 8.94. The third-order valence-corrected chi connectivity index (χ3v) is 5.27. The van der Waals surface area contributed by atoms with Crippen molar-refractivity contribution < 1.29 is 28.3 Å². The number of anilines is 2.